The molecule has 0 saturated carbocycles. The number of carbonyl (C=O) groups excluding carboxylic acids is 1. The highest BCUT2D eigenvalue weighted by Gasteiger charge is 1.99. The Bertz CT molecular complexity index is 172. The van der Waals surface area contributed by atoms with Gasteiger partial charge in [0.05, 0.1) is 13.2 Å². The summed E-state index contributed by atoms with van der Waals surface area (Å²) in [4.78, 5) is 11.3. The van der Waals surface area contributed by atoms with Gasteiger partial charge in [-0.15, -0.1) is 0 Å². The van der Waals surface area contributed by atoms with E-state index in [2.05, 4.69) is 31.4 Å². The van der Waals surface area contributed by atoms with Gasteiger partial charge in [-0.3, -0.25) is 4.79 Å². The summed E-state index contributed by atoms with van der Waals surface area (Å²) in [6.45, 7) is 9.11. The zero-order valence-electron chi connectivity index (χ0n) is 10.8. The van der Waals surface area contributed by atoms with Crippen molar-refractivity contribution in [2.75, 3.05) is 26.3 Å². The van der Waals surface area contributed by atoms with Crippen LogP contribution in [0, 0.1) is 0 Å². The van der Waals surface area contributed by atoms with Crippen LogP contribution in [0.1, 0.15) is 40.0 Å². The van der Waals surface area contributed by atoms with Crippen molar-refractivity contribution in [2.24, 2.45) is 0 Å². The smallest absolute Gasteiger partial charge is 0.222 e. The zero-order valence-corrected chi connectivity index (χ0v) is 10.8. The highest BCUT2D eigenvalue weighted by atomic mass is 16.5. The minimum absolute atomic E-state index is 0.0882. The van der Waals surface area contributed by atoms with Crippen molar-refractivity contribution >= 4 is 5.91 Å². The number of hydrogen-bond acceptors (Lipinski definition) is 3. The molecule has 0 aliphatic rings. The van der Waals surface area contributed by atoms with Gasteiger partial charge in [0, 0.05) is 25.6 Å². The lowest BCUT2D eigenvalue weighted by Crippen LogP contribution is -2.28. The number of hydrogen-bond donors (Lipinski definition) is 2. The number of nitrogens with one attached hydrogen (secondary N) is 2. The molecule has 0 saturated heterocycles. The molecular weight excluding hydrogens is 204 g/mol. The normalized spacial score (nSPS) is 10.8. The van der Waals surface area contributed by atoms with Crippen molar-refractivity contribution in [3.8, 4) is 0 Å². The quantitative estimate of drug-likeness (QED) is 0.556. The number of amides is 1. The Balaban J connectivity index is 3.15. The predicted octanol–water partition coefficient (Wildman–Crippen LogP) is 1.31. The van der Waals surface area contributed by atoms with Crippen molar-refractivity contribution in [1.82, 2.24) is 10.6 Å². The fourth-order valence-electron chi connectivity index (χ4n) is 1.18. The first kappa shape index (κ1) is 15.4. The van der Waals surface area contributed by atoms with Gasteiger partial charge in [-0.1, -0.05) is 27.2 Å². The lowest BCUT2D eigenvalue weighted by Gasteiger charge is -2.08. The first-order valence-corrected chi connectivity index (χ1v) is 6.24. The predicted molar refractivity (Wildman–Crippen MR) is 66.5 cm³/mol. The summed E-state index contributed by atoms with van der Waals surface area (Å²) in [6.07, 6.45) is 2.62. The van der Waals surface area contributed by atoms with Crippen LogP contribution < -0.4 is 10.6 Å². The van der Waals surface area contributed by atoms with E-state index in [1.807, 2.05) is 0 Å². The summed E-state index contributed by atoms with van der Waals surface area (Å²) in [6, 6.07) is 0.487. The van der Waals surface area contributed by atoms with Crippen LogP contribution in [0.25, 0.3) is 0 Å². The Morgan fingerprint density at radius 1 is 1.25 bits per heavy atom. The summed E-state index contributed by atoms with van der Waals surface area (Å²) < 4.78 is 5.34. The van der Waals surface area contributed by atoms with E-state index in [4.69, 9.17) is 4.74 Å². The molecule has 0 rings (SSSR count). The average molecular weight is 230 g/mol. The molecule has 0 spiro atoms. The Kier molecular flexibility index (Phi) is 10.5. The van der Waals surface area contributed by atoms with E-state index in [-0.39, 0.29) is 5.91 Å². The lowest BCUT2D eigenvalue weighted by molar-refractivity contribution is -0.122. The van der Waals surface area contributed by atoms with Gasteiger partial charge in [-0.25, -0.2) is 0 Å². The molecule has 0 radical (unpaired) electrons. The molecule has 0 bridgehead atoms. The van der Waals surface area contributed by atoms with Gasteiger partial charge in [-0.2, -0.15) is 0 Å². The Labute approximate surface area is 99.1 Å². The van der Waals surface area contributed by atoms with E-state index in [1.54, 1.807) is 0 Å². The molecule has 0 heterocycles. The SMILES string of the molecule is CCCCNC(=O)CCOCCNC(C)C. The fraction of sp³-hybridized carbons (Fsp3) is 0.917. The molecule has 0 aromatic rings. The third-order valence-corrected chi connectivity index (χ3v) is 2.12. The maximum absolute atomic E-state index is 11.3. The lowest BCUT2D eigenvalue weighted by atomic mass is 10.3. The molecule has 0 atom stereocenters. The second kappa shape index (κ2) is 10.9. The molecule has 0 aromatic heterocycles. The van der Waals surface area contributed by atoms with Crippen LogP contribution >= 0.6 is 0 Å². The van der Waals surface area contributed by atoms with Gasteiger partial charge < -0.3 is 15.4 Å². The van der Waals surface area contributed by atoms with E-state index < -0.39 is 0 Å². The van der Waals surface area contributed by atoms with Crippen LogP contribution in [-0.2, 0) is 9.53 Å². The molecule has 0 fully saturated rings. The summed E-state index contributed by atoms with van der Waals surface area (Å²) in [5.74, 6) is 0.0882. The first-order chi connectivity index (χ1) is 7.66. The monoisotopic (exact) mass is 230 g/mol. The van der Waals surface area contributed by atoms with Crippen molar-refractivity contribution in [3.05, 3.63) is 0 Å². The summed E-state index contributed by atoms with van der Waals surface area (Å²) >= 11 is 0. The van der Waals surface area contributed by atoms with E-state index >= 15 is 0 Å². The van der Waals surface area contributed by atoms with E-state index in [0.29, 0.717) is 25.7 Å². The molecule has 2 N–H and O–H groups in total. The van der Waals surface area contributed by atoms with Gasteiger partial charge in [0.2, 0.25) is 5.91 Å². The standard InChI is InChI=1S/C12H26N2O2/c1-4-5-7-14-12(15)6-9-16-10-8-13-11(2)3/h11,13H,4-10H2,1-3H3,(H,14,15). The second-order valence-corrected chi connectivity index (χ2v) is 4.17. The van der Waals surface area contributed by atoms with Gasteiger partial charge in [0.1, 0.15) is 0 Å². The zero-order chi connectivity index (χ0) is 12.2. The van der Waals surface area contributed by atoms with Crippen LogP contribution in [0.3, 0.4) is 0 Å². The molecule has 96 valence electrons. The maximum atomic E-state index is 11.3. The number of carbonyl (C=O) groups is 1. The number of unbranched alkanes of at least 4 members (excludes halogenated alkanes) is 1. The molecule has 0 aliphatic heterocycles. The third kappa shape index (κ3) is 11.5. The summed E-state index contributed by atoms with van der Waals surface area (Å²) in [5, 5.41) is 6.11. The Hall–Kier alpha value is -0.610. The van der Waals surface area contributed by atoms with Gasteiger partial charge >= 0.3 is 0 Å². The molecule has 4 nitrogen and oxygen atoms in total. The van der Waals surface area contributed by atoms with E-state index in [0.717, 1.165) is 25.9 Å². The van der Waals surface area contributed by atoms with Crippen LogP contribution in [0.2, 0.25) is 0 Å². The molecule has 0 aromatic carbocycles. The molecule has 4 heteroatoms. The molecular formula is C12H26N2O2. The van der Waals surface area contributed by atoms with Crippen molar-refractivity contribution in [1.29, 1.82) is 0 Å². The van der Waals surface area contributed by atoms with Crippen LogP contribution in [0.4, 0.5) is 0 Å². The van der Waals surface area contributed by atoms with Crippen LogP contribution in [0.5, 0.6) is 0 Å². The minimum Gasteiger partial charge on any atom is -0.380 e. The van der Waals surface area contributed by atoms with E-state index in [1.165, 1.54) is 0 Å². The number of ether oxygens (including phenoxy) is 1. The topological polar surface area (TPSA) is 50.4 Å². The van der Waals surface area contributed by atoms with Crippen molar-refractivity contribution in [3.63, 3.8) is 0 Å². The average Bonchev–Trinajstić information content (AvgIpc) is 2.23. The molecule has 0 aliphatic carbocycles. The van der Waals surface area contributed by atoms with Crippen molar-refractivity contribution in [2.45, 2.75) is 46.1 Å². The van der Waals surface area contributed by atoms with Crippen LogP contribution in [-0.4, -0.2) is 38.3 Å². The third-order valence-electron chi connectivity index (χ3n) is 2.12. The minimum atomic E-state index is 0.0882. The Morgan fingerprint density at radius 3 is 2.62 bits per heavy atom. The summed E-state index contributed by atoms with van der Waals surface area (Å²) in [7, 11) is 0. The summed E-state index contributed by atoms with van der Waals surface area (Å²) in [5.41, 5.74) is 0. The highest BCUT2D eigenvalue weighted by molar-refractivity contribution is 5.75. The van der Waals surface area contributed by atoms with E-state index in [9.17, 15) is 4.79 Å². The second-order valence-electron chi connectivity index (χ2n) is 4.17. The Morgan fingerprint density at radius 2 is 2.00 bits per heavy atom. The number of rotatable bonds is 10. The van der Waals surface area contributed by atoms with Gasteiger partial charge in [-0.05, 0) is 6.42 Å². The first-order valence-electron chi connectivity index (χ1n) is 6.24. The van der Waals surface area contributed by atoms with Crippen molar-refractivity contribution < 1.29 is 9.53 Å². The maximum Gasteiger partial charge on any atom is 0.222 e. The van der Waals surface area contributed by atoms with Gasteiger partial charge in [0.25, 0.3) is 0 Å². The van der Waals surface area contributed by atoms with Crippen LogP contribution in [0.15, 0.2) is 0 Å². The fourth-order valence-corrected chi connectivity index (χ4v) is 1.18. The molecule has 1 amide bonds. The molecule has 16 heavy (non-hydrogen) atoms. The highest BCUT2D eigenvalue weighted by Crippen LogP contribution is 1.86. The molecule has 0 unspecified atom stereocenters. The largest absolute Gasteiger partial charge is 0.380 e. The van der Waals surface area contributed by atoms with Gasteiger partial charge in [0.15, 0.2) is 0 Å².